The fraction of sp³-hybridized carbons (Fsp3) is 0.773. The Labute approximate surface area is 191 Å². The Kier molecular flexibility index (Phi) is 7.81. The molecule has 6 atom stereocenters. The topological polar surface area (TPSA) is 107 Å². The third-order valence-electron chi connectivity index (χ3n) is 6.81. The second-order valence-electron chi connectivity index (χ2n) is 8.74. The normalized spacial score (nSPS) is 33.6. The molecule has 3 unspecified atom stereocenters. The van der Waals surface area contributed by atoms with Crippen LogP contribution >= 0.6 is 15.9 Å². The summed E-state index contributed by atoms with van der Waals surface area (Å²) < 4.78 is 6.25. The second kappa shape index (κ2) is 10.0. The molecule has 9 heteroatoms. The number of rotatable bonds is 12. The maximum Gasteiger partial charge on any atom is 0.310 e. The van der Waals surface area contributed by atoms with Crippen LogP contribution in [0.5, 0.6) is 0 Å². The molecule has 3 aliphatic rings. The Morgan fingerprint density at radius 1 is 1.35 bits per heavy atom. The van der Waals surface area contributed by atoms with Crippen LogP contribution in [0.4, 0.5) is 0 Å². The second-order valence-corrected chi connectivity index (χ2v) is 9.92. The summed E-state index contributed by atoms with van der Waals surface area (Å²) in [5.41, 5.74) is -1.14. The molecule has 31 heavy (non-hydrogen) atoms. The molecular formula is C22H33BrN2O6. The zero-order valence-corrected chi connectivity index (χ0v) is 19.6. The number of aliphatic hydroxyl groups excluding tert-OH is 1. The van der Waals surface area contributed by atoms with Crippen LogP contribution in [-0.4, -0.2) is 86.6 Å². The van der Waals surface area contributed by atoms with E-state index in [1.165, 1.54) is 4.90 Å². The summed E-state index contributed by atoms with van der Waals surface area (Å²) in [4.78, 5) is 42.4. The van der Waals surface area contributed by atoms with Gasteiger partial charge in [0.2, 0.25) is 11.8 Å². The highest BCUT2D eigenvalue weighted by Gasteiger charge is 2.76. The van der Waals surface area contributed by atoms with Crippen molar-refractivity contribution in [1.82, 2.24) is 9.80 Å². The van der Waals surface area contributed by atoms with Crippen LogP contribution in [0.1, 0.15) is 45.4 Å². The number of hydrogen-bond donors (Lipinski definition) is 2. The van der Waals surface area contributed by atoms with E-state index in [2.05, 4.69) is 29.4 Å². The number of carboxylic acid groups (broad SMARTS) is 1. The fourth-order valence-corrected chi connectivity index (χ4v) is 6.44. The van der Waals surface area contributed by atoms with E-state index in [0.29, 0.717) is 32.4 Å². The fourth-order valence-electron chi connectivity index (χ4n) is 5.50. The first-order valence-corrected chi connectivity index (χ1v) is 12.1. The lowest BCUT2D eigenvalue weighted by Crippen LogP contribution is -2.57. The largest absolute Gasteiger partial charge is 0.481 e. The highest BCUT2D eigenvalue weighted by Crippen LogP contribution is 2.60. The van der Waals surface area contributed by atoms with Crippen molar-refractivity contribution in [1.29, 1.82) is 0 Å². The molecule has 1 spiro atoms. The number of unbranched alkanes of at least 4 members (excludes halogenated alkanes) is 3. The summed E-state index contributed by atoms with van der Waals surface area (Å²) in [5.74, 6) is -3.44. The monoisotopic (exact) mass is 500 g/mol. The number of halogens is 1. The smallest absolute Gasteiger partial charge is 0.310 e. The van der Waals surface area contributed by atoms with Crippen molar-refractivity contribution in [2.24, 2.45) is 11.8 Å². The van der Waals surface area contributed by atoms with Crippen LogP contribution in [0.3, 0.4) is 0 Å². The molecule has 0 aromatic carbocycles. The standard InChI is InChI=1S/C22H33BrN2O6/c1-3-5-6-10-24(9-4-2)20(28)18-22-13-14(23)17(31-22)15(21(29)30)16(22)19(27)25(18)11-7-8-12-26/h4,14-18,26H,2-3,5-13H2,1H3,(H,29,30)/t14?,15-,16-,17-,18?,22?/m0/s1. The minimum absolute atomic E-state index is 0.00534. The van der Waals surface area contributed by atoms with Gasteiger partial charge < -0.3 is 24.7 Å². The van der Waals surface area contributed by atoms with Gasteiger partial charge in [0.15, 0.2) is 0 Å². The molecular weight excluding hydrogens is 468 g/mol. The lowest BCUT2D eigenvalue weighted by molar-refractivity contribution is -0.150. The Hall–Kier alpha value is -1.45. The number of likely N-dealkylation sites (tertiary alicyclic amines) is 1. The van der Waals surface area contributed by atoms with Crippen molar-refractivity contribution >= 4 is 33.7 Å². The van der Waals surface area contributed by atoms with Crippen LogP contribution in [0, 0.1) is 11.8 Å². The van der Waals surface area contributed by atoms with E-state index >= 15 is 0 Å². The Balaban J connectivity index is 1.97. The molecule has 0 saturated carbocycles. The van der Waals surface area contributed by atoms with Crippen LogP contribution in [-0.2, 0) is 19.1 Å². The summed E-state index contributed by atoms with van der Waals surface area (Å²) in [5, 5.41) is 19.0. The number of carbonyl (C=O) groups is 3. The Morgan fingerprint density at radius 2 is 2.10 bits per heavy atom. The molecule has 174 valence electrons. The average Bonchev–Trinajstić information content (AvgIpc) is 3.31. The van der Waals surface area contributed by atoms with Gasteiger partial charge in [-0.25, -0.2) is 0 Å². The highest BCUT2D eigenvalue weighted by atomic mass is 79.9. The van der Waals surface area contributed by atoms with Crippen molar-refractivity contribution in [3.8, 4) is 0 Å². The van der Waals surface area contributed by atoms with Gasteiger partial charge in [0.05, 0.1) is 17.9 Å². The predicted molar refractivity (Wildman–Crippen MR) is 118 cm³/mol. The molecule has 2 N–H and O–H groups in total. The number of fused-ring (bicyclic) bond motifs is 1. The van der Waals surface area contributed by atoms with Crippen molar-refractivity contribution in [3.05, 3.63) is 12.7 Å². The van der Waals surface area contributed by atoms with Gasteiger partial charge in [-0.05, 0) is 25.7 Å². The third kappa shape index (κ3) is 4.16. The highest BCUT2D eigenvalue weighted by molar-refractivity contribution is 9.09. The van der Waals surface area contributed by atoms with Gasteiger partial charge >= 0.3 is 5.97 Å². The van der Waals surface area contributed by atoms with Crippen LogP contribution in [0.15, 0.2) is 12.7 Å². The number of alkyl halides is 1. The van der Waals surface area contributed by atoms with Gasteiger partial charge in [0.1, 0.15) is 11.6 Å². The van der Waals surface area contributed by atoms with E-state index in [1.807, 2.05) is 0 Å². The minimum Gasteiger partial charge on any atom is -0.481 e. The van der Waals surface area contributed by atoms with Gasteiger partial charge in [-0.3, -0.25) is 14.4 Å². The lowest BCUT2D eigenvalue weighted by atomic mass is 9.70. The third-order valence-corrected chi connectivity index (χ3v) is 7.65. The van der Waals surface area contributed by atoms with Gasteiger partial charge in [-0.15, -0.1) is 6.58 Å². The zero-order valence-electron chi connectivity index (χ0n) is 18.0. The summed E-state index contributed by atoms with van der Waals surface area (Å²) in [6.45, 7) is 7.07. The summed E-state index contributed by atoms with van der Waals surface area (Å²) in [6.07, 6.45) is 5.35. The molecule has 0 radical (unpaired) electrons. The first kappa shape index (κ1) is 24.2. The quantitative estimate of drug-likeness (QED) is 0.240. The lowest BCUT2D eigenvalue weighted by Gasteiger charge is -2.37. The molecule has 3 saturated heterocycles. The van der Waals surface area contributed by atoms with Gasteiger partial charge in [0.25, 0.3) is 0 Å². The molecule has 3 rings (SSSR count). The first-order valence-electron chi connectivity index (χ1n) is 11.2. The number of amides is 2. The number of carboxylic acids is 1. The van der Waals surface area contributed by atoms with Gasteiger partial charge in [-0.2, -0.15) is 0 Å². The first-order chi connectivity index (χ1) is 14.8. The molecule has 3 heterocycles. The zero-order chi connectivity index (χ0) is 22.8. The van der Waals surface area contributed by atoms with E-state index < -0.39 is 35.6 Å². The number of carbonyl (C=O) groups excluding carboxylic acids is 2. The van der Waals surface area contributed by atoms with E-state index in [0.717, 1.165) is 19.3 Å². The molecule has 8 nitrogen and oxygen atoms in total. The van der Waals surface area contributed by atoms with Crippen LogP contribution in [0.25, 0.3) is 0 Å². The number of hydrogen-bond acceptors (Lipinski definition) is 5. The van der Waals surface area contributed by atoms with Crippen molar-refractivity contribution in [2.75, 3.05) is 26.2 Å². The Morgan fingerprint density at radius 3 is 2.71 bits per heavy atom. The van der Waals surface area contributed by atoms with Gasteiger partial charge in [-0.1, -0.05) is 41.8 Å². The average molecular weight is 501 g/mol. The van der Waals surface area contributed by atoms with Crippen LogP contribution < -0.4 is 0 Å². The van der Waals surface area contributed by atoms with Crippen molar-refractivity contribution < 1.29 is 29.3 Å². The molecule has 0 aromatic rings. The van der Waals surface area contributed by atoms with E-state index in [-0.39, 0.29) is 29.8 Å². The maximum atomic E-state index is 13.8. The number of ether oxygens (including phenoxy) is 1. The molecule has 0 aromatic heterocycles. The summed E-state index contributed by atoms with van der Waals surface area (Å²) in [7, 11) is 0. The number of nitrogens with zero attached hydrogens (tertiary/aromatic N) is 2. The maximum absolute atomic E-state index is 13.8. The molecule has 2 amide bonds. The molecule has 3 fully saturated rings. The van der Waals surface area contributed by atoms with Gasteiger partial charge in [0, 0.05) is 31.1 Å². The summed E-state index contributed by atoms with van der Waals surface area (Å²) in [6, 6.07) is -0.861. The Bertz CT molecular complexity index is 718. The van der Waals surface area contributed by atoms with Crippen molar-refractivity contribution in [3.63, 3.8) is 0 Å². The van der Waals surface area contributed by atoms with E-state index in [4.69, 9.17) is 4.74 Å². The minimum atomic E-state index is -1.14. The number of aliphatic hydroxyl groups is 1. The van der Waals surface area contributed by atoms with E-state index in [9.17, 15) is 24.6 Å². The molecule has 3 aliphatic heterocycles. The van der Waals surface area contributed by atoms with Crippen LogP contribution in [0.2, 0.25) is 0 Å². The predicted octanol–water partition coefficient (Wildman–Crippen LogP) is 1.80. The van der Waals surface area contributed by atoms with Crippen molar-refractivity contribution in [2.45, 2.75) is 68.0 Å². The van der Waals surface area contributed by atoms with E-state index in [1.54, 1.807) is 11.0 Å². The SMILES string of the molecule is C=CCN(CCCCC)C(=O)C1N(CCCCO)C(=O)[C@@H]2[C@H](C(=O)O)[C@H]3OC12CC3Br. The summed E-state index contributed by atoms with van der Waals surface area (Å²) >= 11 is 3.54. The number of aliphatic carboxylic acids is 1. The molecule has 0 aliphatic carbocycles. The molecule has 2 bridgehead atoms.